The summed E-state index contributed by atoms with van der Waals surface area (Å²) in [5.41, 5.74) is 5.51. The van der Waals surface area contributed by atoms with E-state index in [0.717, 1.165) is 5.75 Å². The average molecular weight is 218 g/mol. The predicted molar refractivity (Wildman–Crippen MR) is 58.9 cm³/mol. The highest BCUT2D eigenvalue weighted by atomic mass is 35.5. The standard InChI is InChI=1S/C10H15NO2.ClH/c11-9(8-12)6-7-13-10-4-2-1-3-5-10;/h1-5,9,12H,6-8,11H2;1H. The Morgan fingerprint density at radius 1 is 1.29 bits per heavy atom. The molecule has 3 nitrogen and oxygen atoms in total. The smallest absolute Gasteiger partial charge is 0.119 e. The lowest BCUT2D eigenvalue weighted by Gasteiger charge is -2.09. The van der Waals surface area contributed by atoms with E-state index in [4.69, 9.17) is 15.6 Å². The molecule has 0 aliphatic rings. The highest BCUT2D eigenvalue weighted by Crippen LogP contribution is 2.08. The third kappa shape index (κ3) is 5.07. The average Bonchev–Trinajstić information content (AvgIpc) is 2.19. The molecule has 80 valence electrons. The molecule has 0 saturated heterocycles. The van der Waals surface area contributed by atoms with E-state index in [1.54, 1.807) is 0 Å². The van der Waals surface area contributed by atoms with E-state index in [-0.39, 0.29) is 25.1 Å². The lowest BCUT2D eigenvalue weighted by molar-refractivity contribution is 0.230. The Balaban J connectivity index is 0.00000169. The van der Waals surface area contributed by atoms with Crippen LogP contribution in [0, 0.1) is 0 Å². The topological polar surface area (TPSA) is 55.5 Å². The van der Waals surface area contributed by atoms with E-state index in [2.05, 4.69) is 0 Å². The molecule has 0 amide bonds. The van der Waals surface area contributed by atoms with Gasteiger partial charge in [-0.15, -0.1) is 12.4 Å². The van der Waals surface area contributed by atoms with Gasteiger partial charge in [0.15, 0.2) is 0 Å². The molecule has 1 unspecified atom stereocenters. The first-order chi connectivity index (χ1) is 6.33. The molecule has 4 heteroatoms. The molecule has 0 spiro atoms. The second-order valence-corrected chi connectivity index (χ2v) is 2.89. The quantitative estimate of drug-likeness (QED) is 0.779. The Morgan fingerprint density at radius 2 is 1.93 bits per heavy atom. The second kappa shape index (κ2) is 7.62. The van der Waals surface area contributed by atoms with Crippen molar-refractivity contribution in [1.29, 1.82) is 0 Å². The van der Waals surface area contributed by atoms with Gasteiger partial charge in [0, 0.05) is 6.04 Å². The number of halogens is 1. The van der Waals surface area contributed by atoms with Crippen molar-refractivity contribution in [3.8, 4) is 5.75 Å². The summed E-state index contributed by atoms with van der Waals surface area (Å²) >= 11 is 0. The molecule has 3 N–H and O–H groups in total. The maximum atomic E-state index is 8.65. The SMILES string of the molecule is Cl.NC(CO)CCOc1ccccc1. The molecule has 0 saturated carbocycles. The first kappa shape index (κ1) is 13.2. The van der Waals surface area contributed by atoms with Gasteiger partial charge in [-0.2, -0.15) is 0 Å². The minimum absolute atomic E-state index is 0. The predicted octanol–water partition coefficient (Wildman–Crippen LogP) is 1.20. The van der Waals surface area contributed by atoms with Gasteiger partial charge < -0.3 is 15.6 Å². The lowest BCUT2D eigenvalue weighted by atomic mass is 10.2. The number of para-hydroxylation sites is 1. The maximum absolute atomic E-state index is 8.65. The number of hydrogen-bond donors (Lipinski definition) is 2. The van der Waals surface area contributed by atoms with Gasteiger partial charge in [0.05, 0.1) is 13.2 Å². The van der Waals surface area contributed by atoms with Gasteiger partial charge >= 0.3 is 0 Å². The zero-order chi connectivity index (χ0) is 9.52. The summed E-state index contributed by atoms with van der Waals surface area (Å²) in [6, 6.07) is 9.38. The van der Waals surface area contributed by atoms with Crippen LogP contribution in [-0.4, -0.2) is 24.4 Å². The molecule has 1 aromatic carbocycles. The van der Waals surface area contributed by atoms with Crippen LogP contribution >= 0.6 is 12.4 Å². The van der Waals surface area contributed by atoms with Crippen LogP contribution < -0.4 is 10.5 Å². The second-order valence-electron chi connectivity index (χ2n) is 2.89. The fourth-order valence-electron chi connectivity index (χ4n) is 0.936. The molecular formula is C10H16ClNO2. The summed E-state index contributed by atoms with van der Waals surface area (Å²) < 4.78 is 5.39. The van der Waals surface area contributed by atoms with Crippen LogP contribution in [0.1, 0.15) is 6.42 Å². The molecule has 0 aromatic heterocycles. The maximum Gasteiger partial charge on any atom is 0.119 e. The monoisotopic (exact) mass is 217 g/mol. The van der Waals surface area contributed by atoms with Crippen LogP contribution in [0.5, 0.6) is 5.75 Å². The van der Waals surface area contributed by atoms with Crippen molar-refractivity contribution >= 4 is 12.4 Å². The van der Waals surface area contributed by atoms with Gasteiger partial charge in [0.1, 0.15) is 5.75 Å². The first-order valence-electron chi connectivity index (χ1n) is 4.37. The van der Waals surface area contributed by atoms with Crippen molar-refractivity contribution in [2.24, 2.45) is 5.73 Å². The Labute approximate surface area is 90.3 Å². The molecule has 14 heavy (non-hydrogen) atoms. The van der Waals surface area contributed by atoms with Crippen LogP contribution in [0.15, 0.2) is 30.3 Å². The first-order valence-corrected chi connectivity index (χ1v) is 4.37. The molecule has 1 aromatic rings. The Kier molecular flexibility index (Phi) is 7.20. The van der Waals surface area contributed by atoms with Crippen molar-refractivity contribution in [3.63, 3.8) is 0 Å². The van der Waals surface area contributed by atoms with Gasteiger partial charge in [0.2, 0.25) is 0 Å². The number of aliphatic hydroxyl groups excluding tert-OH is 1. The van der Waals surface area contributed by atoms with Crippen molar-refractivity contribution in [2.45, 2.75) is 12.5 Å². The number of hydrogen-bond acceptors (Lipinski definition) is 3. The van der Waals surface area contributed by atoms with E-state index < -0.39 is 0 Å². The number of aliphatic hydroxyl groups is 1. The minimum Gasteiger partial charge on any atom is -0.494 e. The molecule has 0 aliphatic heterocycles. The Morgan fingerprint density at radius 3 is 2.50 bits per heavy atom. The molecule has 0 aliphatic carbocycles. The summed E-state index contributed by atoms with van der Waals surface area (Å²) in [4.78, 5) is 0. The Bertz CT molecular complexity index is 231. The number of nitrogens with two attached hydrogens (primary N) is 1. The van der Waals surface area contributed by atoms with Gasteiger partial charge in [-0.25, -0.2) is 0 Å². The minimum atomic E-state index is -0.177. The third-order valence-electron chi connectivity index (χ3n) is 1.74. The fourth-order valence-corrected chi connectivity index (χ4v) is 0.936. The summed E-state index contributed by atoms with van der Waals surface area (Å²) in [7, 11) is 0. The highest BCUT2D eigenvalue weighted by Gasteiger charge is 1.99. The van der Waals surface area contributed by atoms with Gasteiger partial charge in [-0.3, -0.25) is 0 Å². The molecule has 1 rings (SSSR count). The lowest BCUT2D eigenvalue weighted by Crippen LogP contribution is -2.26. The largest absolute Gasteiger partial charge is 0.494 e. The zero-order valence-electron chi connectivity index (χ0n) is 7.93. The van der Waals surface area contributed by atoms with Crippen LogP contribution in [0.25, 0.3) is 0 Å². The summed E-state index contributed by atoms with van der Waals surface area (Å²) in [5, 5.41) is 8.65. The fraction of sp³-hybridized carbons (Fsp3) is 0.400. The number of ether oxygens (including phenoxy) is 1. The summed E-state index contributed by atoms with van der Waals surface area (Å²) in [5.74, 6) is 0.840. The van der Waals surface area contributed by atoms with E-state index in [9.17, 15) is 0 Å². The summed E-state index contributed by atoms with van der Waals surface area (Å²) in [6.45, 7) is 0.559. The third-order valence-corrected chi connectivity index (χ3v) is 1.74. The molecule has 0 heterocycles. The van der Waals surface area contributed by atoms with Crippen molar-refractivity contribution in [2.75, 3.05) is 13.2 Å². The zero-order valence-corrected chi connectivity index (χ0v) is 8.74. The van der Waals surface area contributed by atoms with Crippen LogP contribution in [-0.2, 0) is 0 Å². The molecule has 0 radical (unpaired) electrons. The van der Waals surface area contributed by atoms with E-state index in [0.29, 0.717) is 13.0 Å². The van der Waals surface area contributed by atoms with Gasteiger partial charge in [0.25, 0.3) is 0 Å². The van der Waals surface area contributed by atoms with Crippen molar-refractivity contribution < 1.29 is 9.84 Å². The van der Waals surface area contributed by atoms with Gasteiger partial charge in [-0.05, 0) is 18.6 Å². The van der Waals surface area contributed by atoms with Crippen LogP contribution in [0.4, 0.5) is 0 Å². The molecule has 0 bridgehead atoms. The van der Waals surface area contributed by atoms with Crippen LogP contribution in [0.2, 0.25) is 0 Å². The number of rotatable bonds is 5. The van der Waals surface area contributed by atoms with E-state index in [1.165, 1.54) is 0 Å². The van der Waals surface area contributed by atoms with E-state index in [1.807, 2.05) is 30.3 Å². The highest BCUT2D eigenvalue weighted by molar-refractivity contribution is 5.85. The van der Waals surface area contributed by atoms with Crippen molar-refractivity contribution in [1.82, 2.24) is 0 Å². The summed E-state index contributed by atoms with van der Waals surface area (Å²) in [6.07, 6.45) is 0.672. The number of benzene rings is 1. The normalized spacial score (nSPS) is 11.6. The molecule has 1 atom stereocenters. The van der Waals surface area contributed by atoms with Crippen molar-refractivity contribution in [3.05, 3.63) is 30.3 Å². The van der Waals surface area contributed by atoms with E-state index >= 15 is 0 Å². The Hall–Kier alpha value is -0.770. The van der Waals surface area contributed by atoms with Crippen LogP contribution in [0.3, 0.4) is 0 Å². The molecule has 0 fully saturated rings. The van der Waals surface area contributed by atoms with Gasteiger partial charge in [-0.1, -0.05) is 18.2 Å². The molecular weight excluding hydrogens is 202 g/mol.